The molecular weight excluding hydrogens is 288 g/mol. The number of nitrogens with zero attached hydrogens (tertiary/aromatic N) is 2. The number of hydrogen-bond acceptors (Lipinski definition) is 4. The highest BCUT2D eigenvalue weighted by Crippen LogP contribution is 2.38. The van der Waals surface area contributed by atoms with Gasteiger partial charge in [-0.15, -0.1) is 23.1 Å². The molecule has 0 radical (unpaired) electrons. The van der Waals surface area contributed by atoms with Crippen molar-refractivity contribution in [2.75, 3.05) is 11.4 Å². The maximum Gasteiger partial charge on any atom is 0.270 e. The van der Waals surface area contributed by atoms with E-state index in [0.29, 0.717) is 5.25 Å². The molecule has 2 aromatic rings. The van der Waals surface area contributed by atoms with Crippen molar-refractivity contribution >= 4 is 34.7 Å². The van der Waals surface area contributed by atoms with Crippen molar-refractivity contribution in [1.29, 1.82) is 0 Å². The third kappa shape index (κ3) is 2.60. The Bertz CT molecular complexity index is 638. The average Bonchev–Trinajstić information content (AvgIpc) is 2.79. The Morgan fingerprint density at radius 3 is 2.95 bits per heavy atom. The standard InChI is InChI=1S/C15H16N2OS2/c1-10-7-8-17(12-5-3-4-6-13(12)19-10)15(18)14-9-16-11(2)20-14/h3-6,9-10H,7-8H2,1-2H3. The first-order valence-corrected chi connectivity index (χ1v) is 8.35. The topological polar surface area (TPSA) is 33.2 Å². The molecule has 0 bridgehead atoms. The van der Waals surface area contributed by atoms with E-state index in [9.17, 15) is 4.79 Å². The molecule has 0 fully saturated rings. The SMILES string of the molecule is Cc1ncc(C(=O)N2CCC(C)Sc3ccccc32)s1. The van der Waals surface area contributed by atoms with E-state index in [0.717, 1.165) is 28.5 Å². The minimum absolute atomic E-state index is 0.0674. The summed E-state index contributed by atoms with van der Waals surface area (Å²) >= 11 is 3.31. The quantitative estimate of drug-likeness (QED) is 0.799. The minimum atomic E-state index is 0.0674. The number of aryl methyl sites for hydroxylation is 1. The lowest BCUT2D eigenvalue weighted by Crippen LogP contribution is -2.31. The first-order valence-electron chi connectivity index (χ1n) is 6.65. The van der Waals surface area contributed by atoms with Crippen LogP contribution in [0, 0.1) is 6.92 Å². The van der Waals surface area contributed by atoms with E-state index in [1.165, 1.54) is 16.2 Å². The number of anilines is 1. The number of rotatable bonds is 1. The van der Waals surface area contributed by atoms with Crippen LogP contribution in [-0.2, 0) is 0 Å². The van der Waals surface area contributed by atoms with Crippen LogP contribution >= 0.6 is 23.1 Å². The molecule has 20 heavy (non-hydrogen) atoms. The largest absolute Gasteiger partial charge is 0.306 e. The van der Waals surface area contributed by atoms with Crippen molar-refractivity contribution in [1.82, 2.24) is 4.98 Å². The molecule has 1 aliphatic rings. The van der Waals surface area contributed by atoms with Crippen LogP contribution in [0.3, 0.4) is 0 Å². The van der Waals surface area contributed by atoms with Crippen LogP contribution in [0.1, 0.15) is 28.0 Å². The maximum absolute atomic E-state index is 12.7. The van der Waals surface area contributed by atoms with E-state index in [2.05, 4.69) is 18.0 Å². The Labute approximate surface area is 127 Å². The Kier molecular flexibility index (Phi) is 3.81. The summed E-state index contributed by atoms with van der Waals surface area (Å²) in [5, 5.41) is 1.45. The lowest BCUT2D eigenvalue weighted by Gasteiger charge is -2.21. The number of amides is 1. The summed E-state index contributed by atoms with van der Waals surface area (Å²) in [5.41, 5.74) is 1.03. The number of carbonyl (C=O) groups is 1. The van der Waals surface area contributed by atoms with Gasteiger partial charge in [-0.05, 0) is 25.5 Å². The fourth-order valence-electron chi connectivity index (χ4n) is 2.29. The van der Waals surface area contributed by atoms with E-state index in [1.54, 1.807) is 6.20 Å². The lowest BCUT2D eigenvalue weighted by atomic mass is 10.2. The van der Waals surface area contributed by atoms with E-state index in [4.69, 9.17) is 0 Å². The van der Waals surface area contributed by atoms with Crippen LogP contribution in [0.25, 0.3) is 0 Å². The maximum atomic E-state index is 12.7. The summed E-state index contributed by atoms with van der Waals surface area (Å²) in [4.78, 5) is 20.7. The first kappa shape index (κ1) is 13.6. The van der Waals surface area contributed by atoms with Gasteiger partial charge in [0, 0.05) is 16.7 Å². The second-order valence-corrected chi connectivity index (χ2v) is 7.60. The van der Waals surface area contributed by atoms with E-state index in [-0.39, 0.29) is 5.91 Å². The summed E-state index contributed by atoms with van der Waals surface area (Å²) in [6.07, 6.45) is 2.69. The van der Waals surface area contributed by atoms with Gasteiger partial charge in [0.2, 0.25) is 0 Å². The Morgan fingerprint density at radius 1 is 1.40 bits per heavy atom. The molecule has 2 heterocycles. The van der Waals surface area contributed by atoms with Gasteiger partial charge in [0.25, 0.3) is 5.91 Å². The number of carbonyl (C=O) groups excluding carboxylic acids is 1. The number of fused-ring (bicyclic) bond motifs is 1. The Balaban J connectivity index is 1.99. The highest BCUT2D eigenvalue weighted by molar-refractivity contribution is 8.00. The molecule has 1 atom stereocenters. The smallest absolute Gasteiger partial charge is 0.270 e. The normalized spacial score (nSPS) is 18.5. The van der Waals surface area contributed by atoms with Crippen LogP contribution in [0.15, 0.2) is 35.4 Å². The molecule has 1 amide bonds. The van der Waals surface area contributed by atoms with Gasteiger partial charge >= 0.3 is 0 Å². The first-order chi connectivity index (χ1) is 9.65. The molecular formula is C15H16N2OS2. The summed E-state index contributed by atoms with van der Waals surface area (Å²) in [5.74, 6) is 0.0674. The zero-order valence-corrected chi connectivity index (χ0v) is 13.1. The van der Waals surface area contributed by atoms with Crippen molar-refractivity contribution in [3.05, 3.63) is 40.3 Å². The third-order valence-electron chi connectivity index (χ3n) is 3.32. The monoisotopic (exact) mass is 304 g/mol. The van der Waals surface area contributed by atoms with Gasteiger partial charge < -0.3 is 4.90 Å². The highest BCUT2D eigenvalue weighted by atomic mass is 32.2. The molecule has 3 rings (SSSR count). The molecule has 0 saturated carbocycles. The third-order valence-corrected chi connectivity index (χ3v) is 5.46. The predicted molar refractivity (Wildman–Crippen MR) is 84.9 cm³/mol. The molecule has 0 aliphatic carbocycles. The molecule has 1 unspecified atom stereocenters. The van der Waals surface area contributed by atoms with E-state index >= 15 is 0 Å². The highest BCUT2D eigenvalue weighted by Gasteiger charge is 2.25. The van der Waals surface area contributed by atoms with Crippen LogP contribution in [0.2, 0.25) is 0 Å². The lowest BCUT2D eigenvalue weighted by molar-refractivity contribution is 0.0990. The number of thiazole rings is 1. The number of para-hydroxylation sites is 1. The zero-order valence-electron chi connectivity index (χ0n) is 11.5. The molecule has 5 heteroatoms. The van der Waals surface area contributed by atoms with Gasteiger partial charge in [0.1, 0.15) is 4.88 Å². The molecule has 0 N–H and O–H groups in total. The Morgan fingerprint density at radius 2 is 2.20 bits per heavy atom. The van der Waals surface area contributed by atoms with Crippen LogP contribution < -0.4 is 4.90 Å². The molecule has 1 aromatic heterocycles. The second kappa shape index (κ2) is 5.58. The fraction of sp³-hybridized carbons (Fsp3) is 0.333. The average molecular weight is 304 g/mol. The summed E-state index contributed by atoms with van der Waals surface area (Å²) in [6.45, 7) is 4.91. The van der Waals surface area contributed by atoms with Crippen molar-refractivity contribution in [3.8, 4) is 0 Å². The summed E-state index contributed by atoms with van der Waals surface area (Å²) in [6, 6.07) is 8.16. The summed E-state index contributed by atoms with van der Waals surface area (Å²) < 4.78 is 0. The van der Waals surface area contributed by atoms with Gasteiger partial charge in [0.15, 0.2) is 0 Å². The van der Waals surface area contributed by atoms with Crippen LogP contribution in [0.5, 0.6) is 0 Å². The molecule has 0 saturated heterocycles. The van der Waals surface area contributed by atoms with Crippen molar-refractivity contribution in [2.45, 2.75) is 30.4 Å². The Hall–Kier alpha value is -1.33. The molecule has 1 aromatic carbocycles. The van der Waals surface area contributed by atoms with Gasteiger partial charge in [-0.3, -0.25) is 4.79 Å². The van der Waals surface area contributed by atoms with Crippen molar-refractivity contribution in [2.24, 2.45) is 0 Å². The predicted octanol–water partition coefficient (Wildman–Crippen LogP) is 3.98. The minimum Gasteiger partial charge on any atom is -0.306 e. The van der Waals surface area contributed by atoms with E-state index < -0.39 is 0 Å². The zero-order chi connectivity index (χ0) is 14.1. The van der Waals surface area contributed by atoms with Crippen molar-refractivity contribution < 1.29 is 4.79 Å². The van der Waals surface area contributed by atoms with E-state index in [1.807, 2.05) is 41.8 Å². The molecule has 1 aliphatic heterocycles. The van der Waals surface area contributed by atoms with Gasteiger partial charge in [-0.1, -0.05) is 19.1 Å². The fourth-order valence-corrected chi connectivity index (χ4v) is 4.13. The molecule has 104 valence electrons. The second-order valence-electron chi connectivity index (χ2n) is 4.89. The number of thioether (sulfide) groups is 1. The molecule has 0 spiro atoms. The summed E-state index contributed by atoms with van der Waals surface area (Å²) in [7, 11) is 0. The van der Waals surface area contributed by atoms with Crippen LogP contribution in [-0.4, -0.2) is 22.7 Å². The number of benzene rings is 1. The van der Waals surface area contributed by atoms with Crippen LogP contribution in [0.4, 0.5) is 5.69 Å². The number of hydrogen-bond donors (Lipinski definition) is 0. The van der Waals surface area contributed by atoms with Gasteiger partial charge in [-0.2, -0.15) is 0 Å². The molecule has 3 nitrogen and oxygen atoms in total. The van der Waals surface area contributed by atoms with Gasteiger partial charge in [0.05, 0.1) is 16.9 Å². The van der Waals surface area contributed by atoms with Crippen molar-refractivity contribution in [3.63, 3.8) is 0 Å². The van der Waals surface area contributed by atoms with Gasteiger partial charge in [-0.25, -0.2) is 4.98 Å². The number of aromatic nitrogens is 1.